The highest BCUT2D eigenvalue weighted by atomic mass is 32.2. The Bertz CT molecular complexity index is 1290. The average molecular weight is 491 g/mol. The van der Waals surface area contributed by atoms with Gasteiger partial charge in [-0.05, 0) is 55.5 Å². The highest BCUT2D eigenvalue weighted by Gasteiger charge is 2.11. The summed E-state index contributed by atoms with van der Waals surface area (Å²) in [6, 6.07) is 20.7. The van der Waals surface area contributed by atoms with Crippen LogP contribution in [0, 0.1) is 6.92 Å². The molecule has 0 saturated heterocycles. The predicted octanol–water partition coefficient (Wildman–Crippen LogP) is 6.69. The van der Waals surface area contributed by atoms with Crippen molar-refractivity contribution in [1.29, 1.82) is 0 Å². The zero-order valence-electron chi connectivity index (χ0n) is 19.7. The molecule has 0 atom stereocenters. The van der Waals surface area contributed by atoms with Crippen LogP contribution in [0.3, 0.4) is 0 Å². The lowest BCUT2D eigenvalue weighted by atomic mass is 10.2. The number of hydrogen-bond acceptors (Lipinski definition) is 7. The summed E-state index contributed by atoms with van der Waals surface area (Å²) in [6.45, 7) is 2.37. The second kappa shape index (κ2) is 11.5. The molecule has 4 rings (SSSR count). The number of aryl methyl sites for hydroxylation is 1. The standard InChI is InChI=1S/C27H26N2O5S/c1-18-4-10-21(11-5-18)35-15-14-33-27(30)29-19-6-8-20(9-7-19)34-24-12-13-28-23-17-26(32-3)25(31-2)16-22(23)24/h4-13,16-17H,14-15H2,1-3H3,(H,29,30). The summed E-state index contributed by atoms with van der Waals surface area (Å²) < 4.78 is 22.1. The third-order valence-corrected chi connectivity index (χ3v) is 6.12. The van der Waals surface area contributed by atoms with Crippen molar-refractivity contribution < 1.29 is 23.7 Å². The molecule has 0 spiro atoms. The Morgan fingerprint density at radius 1 is 0.914 bits per heavy atom. The molecular weight excluding hydrogens is 464 g/mol. The topological polar surface area (TPSA) is 78.9 Å². The molecule has 1 heterocycles. The van der Waals surface area contributed by atoms with Crippen LogP contribution in [0.1, 0.15) is 5.56 Å². The van der Waals surface area contributed by atoms with Crippen LogP contribution in [-0.2, 0) is 4.74 Å². The third-order valence-electron chi connectivity index (χ3n) is 5.14. The van der Waals surface area contributed by atoms with Crippen LogP contribution >= 0.6 is 11.8 Å². The lowest BCUT2D eigenvalue weighted by molar-refractivity contribution is 0.169. The number of fused-ring (bicyclic) bond motifs is 1. The van der Waals surface area contributed by atoms with Crippen molar-refractivity contribution in [2.24, 2.45) is 0 Å². The molecule has 0 aliphatic carbocycles. The molecule has 0 aliphatic rings. The molecule has 0 saturated carbocycles. The molecule has 1 amide bonds. The van der Waals surface area contributed by atoms with Gasteiger partial charge in [0, 0.05) is 34.0 Å². The normalized spacial score (nSPS) is 10.6. The van der Waals surface area contributed by atoms with E-state index in [-0.39, 0.29) is 0 Å². The van der Waals surface area contributed by atoms with Crippen molar-refractivity contribution in [3.8, 4) is 23.0 Å². The first-order valence-electron chi connectivity index (χ1n) is 11.0. The lowest BCUT2D eigenvalue weighted by Gasteiger charge is -2.12. The number of thioether (sulfide) groups is 1. The first-order valence-corrected chi connectivity index (χ1v) is 12.0. The summed E-state index contributed by atoms with van der Waals surface area (Å²) in [7, 11) is 3.17. The number of rotatable bonds is 9. The number of aromatic nitrogens is 1. The molecule has 4 aromatic rings. The number of carbonyl (C=O) groups excluding carboxylic acids is 1. The SMILES string of the molecule is COc1cc2nccc(Oc3ccc(NC(=O)OCCSc4ccc(C)cc4)cc3)c2cc1OC. The molecule has 7 nitrogen and oxygen atoms in total. The maximum atomic E-state index is 12.1. The van der Waals surface area contributed by atoms with Gasteiger partial charge in [-0.2, -0.15) is 0 Å². The summed E-state index contributed by atoms with van der Waals surface area (Å²) in [5.41, 5.74) is 2.55. The van der Waals surface area contributed by atoms with E-state index in [1.165, 1.54) is 5.56 Å². The van der Waals surface area contributed by atoms with E-state index in [4.69, 9.17) is 18.9 Å². The number of hydrogen-bond donors (Lipinski definition) is 1. The summed E-state index contributed by atoms with van der Waals surface area (Å²) in [5, 5.41) is 3.52. The monoisotopic (exact) mass is 490 g/mol. The molecule has 1 N–H and O–H groups in total. The highest BCUT2D eigenvalue weighted by molar-refractivity contribution is 7.99. The maximum absolute atomic E-state index is 12.1. The van der Waals surface area contributed by atoms with Gasteiger partial charge in [0.2, 0.25) is 0 Å². The number of ether oxygens (including phenoxy) is 4. The Morgan fingerprint density at radius 2 is 1.63 bits per heavy atom. The van der Waals surface area contributed by atoms with Crippen LogP contribution < -0.4 is 19.5 Å². The summed E-state index contributed by atoms with van der Waals surface area (Å²) in [5.74, 6) is 3.11. The predicted molar refractivity (Wildman–Crippen MR) is 138 cm³/mol. The molecule has 0 unspecified atom stereocenters. The van der Waals surface area contributed by atoms with Crippen molar-refractivity contribution in [2.75, 3.05) is 31.9 Å². The van der Waals surface area contributed by atoms with Crippen LogP contribution in [0.25, 0.3) is 10.9 Å². The molecule has 180 valence electrons. The van der Waals surface area contributed by atoms with E-state index in [1.807, 2.05) is 6.07 Å². The number of pyridine rings is 1. The molecule has 0 aliphatic heterocycles. The first-order chi connectivity index (χ1) is 17.1. The number of methoxy groups -OCH3 is 2. The minimum atomic E-state index is -0.496. The largest absolute Gasteiger partial charge is 0.493 e. The van der Waals surface area contributed by atoms with E-state index >= 15 is 0 Å². The third kappa shape index (κ3) is 6.36. The van der Waals surface area contributed by atoms with Gasteiger partial charge in [0.05, 0.1) is 19.7 Å². The van der Waals surface area contributed by atoms with Crippen LogP contribution in [0.15, 0.2) is 77.8 Å². The van der Waals surface area contributed by atoms with E-state index < -0.39 is 6.09 Å². The van der Waals surface area contributed by atoms with Gasteiger partial charge in [-0.15, -0.1) is 11.8 Å². The summed E-state index contributed by atoms with van der Waals surface area (Å²) in [4.78, 5) is 17.6. The molecule has 35 heavy (non-hydrogen) atoms. The molecular formula is C27H26N2O5S. The van der Waals surface area contributed by atoms with Crippen molar-refractivity contribution >= 4 is 34.4 Å². The summed E-state index contributed by atoms with van der Waals surface area (Å²) in [6.07, 6.45) is 1.18. The fourth-order valence-corrected chi connectivity index (χ4v) is 4.08. The zero-order valence-corrected chi connectivity index (χ0v) is 20.6. The molecule has 0 fully saturated rings. The van der Waals surface area contributed by atoms with E-state index in [2.05, 4.69) is 41.5 Å². The van der Waals surface area contributed by atoms with Crippen LogP contribution in [0.2, 0.25) is 0 Å². The van der Waals surface area contributed by atoms with Gasteiger partial charge in [0.25, 0.3) is 0 Å². The van der Waals surface area contributed by atoms with E-state index in [0.29, 0.717) is 41.0 Å². The van der Waals surface area contributed by atoms with Gasteiger partial charge in [-0.1, -0.05) is 17.7 Å². The van der Waals surface area contributed by atoms with Gasteiger partial charge in [0.1, 0.15) is 18.1 Å². The molecule has 3 aromatic carbocycles. The van der Waals surface area contributed by atoms with E-state index in [9.17, 15) is 4.79 Å². The van der Waals surface area contributed by atoms with E-state index in [0.717, 1.165) is 15.8 Å². The number of benzene rings is 3. The van der Waals surface area contributed by atoms with Gasteiger partial charge < -0.3 is 18.9 Å². The Kier molecular flexibility index (Phi) is 7.95. The molecule has 0 radical (unpaired) electrons. The van der Waals surface area contributed by atoms with Crippen molar-refractivity contribution in [2.45, 2.75) is 11.8 Å². The Hall–Kier alpha value is -3.91. The average Bonchev–Trinajstić information content (AvgIpc) is 2.88. The van der Waals surface area contributed by atoms with Gasteiger partial charge >= 0.3 is 6.09 Å². The minimum Gasteiger partial charge on any atom is -0.493 e. The smallest absolute Gasteiger partial charge is 0.411 e. The fraction of sp³-hybridized carbons (Fsp3) is 0.185. The van der Waals surface area contributed by atoms with Crippen molar-refractivity contribution in [3.05, 3.63) is 78.5 Å². The number of nitrogens with one attached hydrogen (secondary N) is 1. The van der Waals surface area contributed by atoms with Crippen LogP contribution in [0.4, 0.5) is 10.5 Å². The minimum absolute atomic E-state index is 0.314. The second-order valence-electron chi connectivity index (χ2n) is 7.58. The van der Waals surface area contributed by atoms with E-state index in [1.54, 1.807) is 68.6 Å². The highest BCUT2D eigenvalue weighted by Crippen LogP contribution is 2.37. The quantitative estimate of drug-likeness (QED) is 0.207. The Morgan fingerprint density at radius 3 is 2.34 bits per heavy atom. The van der Waals surface area contributed by atoms with Crippen molar-refractivity contribution in [1.82, 2.24) is 4.98 Å². The van der Waals surface area contributed by atoms with Crippen LogP contribution in [-0.4, -0.2) is 37.7 Å². The molecule has 1 aromatic heterocycles. The first kappa shape index (κ1) is 24.2. The molecule has 0 bridgehead atoms. The fourth-order valence-electron chi connectivity index (χ4n) is 3.35. The van der Waals surface area contributed by atoms with Crippen LogP contribution in [0.5, 0.6) is 23.0 Å². The number of amides is 1. The van der Waals surface area contributed by atoms with Gasteiger partial charge in [-0.25, -0.2) is 4.79 Å². The maximum Gasteiger partial charge on any atom is 0.411 e. The Balaban J connectivity index is 1.32. The second-order valence-corrected chi connectivity index (χ2v) is 8.75. The number of nitrogens with zero attached hydrogens (tertiary/aromatic N) is 1. The van der Waals surface area contributed by atoms with Gasteiger partial charge in [0.15, 0.2) is 11.5 Å². The summed E-state index contributed by atoms with van der Waals surface area (Å²) >= 11 is 1.64. The number of carbonyl (C=O) groups is 1. The number of anilines is 1. The molecule has 8 heteroatoms. The van der Waals surface area contributed by atoms with Crippen molar-refractivity contribution in [3.63, 3.8) is 0 Å². The Labute approximate surface area is 208 Å². The lowest BCUT2D eigenvalue weighted by Crippen LogP contribution is -2.15. The van der Waals surface area contributed by atoms with Gasteiger partial charge in [-0.3, -0.25) is 10.3 Å². The zero-order chi connectivity index (χ0) is 24.6.